The normalized spacial score (nSPS) is 16.0. The van der Waals surface area contributed by atoms with Gasteiger partial charge in [-0.2, -0.15) is 0 Å². The fourth-order valence-corrected chi connectivity index (χ4v) is 3.93. The van der Waals surface area contributed by atoms with Crippen molar-refractivity contribution in [1.82, 2.24) is 20.4 Å². The molecule has 3 rings (SSSR count). The second-order valence-electron chi connectivity index (χ2n) is 5.58. The van der Waals surface area contributed by atoms with Crippen LogP contribution < -0.4 is 10.0 Å². The van der Waals surface area contributed by atoms with Crippen LogP contribution in [0.2, 0.25) is 0 Å². The number of aromatic nitrogens is 2. The zero-order valence-corrected chi connectivity index (χ0v) is 13.3. The van der Waals surface area contributed by atoms with Gasteiger partial charge in [0.05, 0.1) is 0 Å². The molecule has 1 aromatic carbocycles. The van der Waals surface area contributed by atoms with E-state index >= 15 is 0 Å². The van der Waals surface area contributed by atoms with Gasteiger partial charge in [-0.3, -0.25) is 4.79 Å². The van der Waals surface area contributed by atoms with Crippen LogP contribution in [0, 0.1) is 0 Å². The molecule has 0 unspecified atom stereocenters. The van der Waals surface area contributed by atoms with Crippen molar-refractivity contribution in [1.29, 1.82) is 0 Å². The minimum atomic E-state index is -3.77. The molecule has 0 saturated heterocycles. The van der Waals surface area contributed by atoms with E-state index in [-0.39, 0.29) is 35.3 Å². The summed E-state index contributed by atoms with van der Waals surface area (Å²) in [5, 5.41) is 10.1. The van der Waals surface area contributed by atoms with E-state index in [1.54, 1.807) is 12.1 Å². The first-order valence-corrected chi connectivity index (χ1v) is 9.05. The molecule has 9 heteroatoms. The monoisotopic (exact) mass is 338 g/mol. The number of sulfonamides is 1. The van der Waals surface area contributed by atoms with Crippen molar-refractivity contribution in [3.05, 3.63) is 18.2 Å². The maximum absolute atomic E-state index is 12.3. The Bertz CT molecular complexity index is 796. The molecule has 2 N–H and O–H groups in total. The molecule has 124 valence electrons. The van der Waals surface area contributed by atoms with Gasteiger partial charge >= 0.3 is 0 Å². The van der Waals surface area contributed by atoms with Crippen molar-refractivity contribution < 1.29 is 17.8 Å². The molecule has 0 radical (unpaired) electrons. The van der Waals surface area contributed by atoms with Gasteiger partial charge in [0.2, 0.25) is 15.9 Å². The van der Waals surface area contributed by atoms with Gasteiger partial charge in [0.1, 0.15) is 10.4 Å². The molecule has 1 aliphatic rings. The first kappa shape index (κ1) is 15.9. The van der Waals surface area contributed by atoms with Gasteiger partial charge in [0.15, 0.2) is 5.52 Å². The molecule has 23 heavy (non-hydrogen) atoms. The van der Waals surface area contributed by atoms with E-state index in [2.05, 4.69) is 25.0 Å². The Morgan fingerprint density at radius 2 is 2.04 bits per heavy atom. The van der Waals surface area contributed by atoms with Gasteiger partial charge in [-0.1, -0.05) is 18.9 Å². The summed E-state index contributed by atoms with van der Waals surface area (Å²) >= 11 is 0. The zero-order chi connectivity index (χ0) is 16.3. The van der Waals surface area contributed by atoms with E-state index in [0.717, 1.165) is 25.7 Å². The molecule has 1 saturated carbocycles. The maximum Gasteiger partial charge on any atom is 0.242 e. The summed E-state index contributed by atoms with van der Waals surface area (Å²) in [6.45, 7) is 0.0303. The molecule has 1 fully saturated rings. The highest BCUT2D eigenvalue weighted by Crippen LogP contribution is 2.19. The molecule has 0 atom stereocenters. The third kappa shape index (κ3) is 3.67. The SMILES string of the molecule is O=C(CCNS(=O)(=O)c1cccc2nonc12)NC1CCCC1. The van der Waals surface area contributed by atoms with Gasteiger partial charge in [0, 0.05) is 19.0 Å². The van der Waals surface area contributed by atoms with Crippen molar-refractivity contribution in [3.8, 4) is 0 Å². The lowest BCUT2D eigenvalue weighted by Crippen LogP contribution is -2.35. The van der Waals surface area contributed by atoms with Crippen LogP contribution in [0.1, 0.15) is 32.1 Å². The van der Waals surface area contributed by atoms with E-state index < -0.39 is 10.0 Å². The van der Waals surface area contributed by atoms with Gasteiger partial charge in [0.25, 0.3) is 0 Å². The molecular weight excluding hydrogens is 320 g/mol. The molecular formula is C14H18N4O4S. The standard InChI is InChI=1S/C14H18N4O4S/c19-13(16-10-4-1-2-5-10)8-9-15-23(20,21)12-7-3-6-11-14(12)18-22-17-11/h3,6-7,10,15H,1-2,4-5,8-9H2,(H,16,19). The van der Waals surface area contributed by atoms with Gasteiger partial charge < -0.3 is 5.32 Å². The Labute approximate surface area is 133 Å². The Kier molecular flexibility index (Phi) is 4.58. The fraction of sp³-hybridized carbons (Fsp3) is 0.500. The van der Waals surface area contributed by atoms with Crippen LogP contribution in [0.4, 0.5) is 0 Å². The molecule has 0 spiro atoms. The number of carbonyl (C=O) groups excluding carboxylic acids is 1. The first-order valence-electron chi connectivity index (χ1n) is 7.56. The minimum absolute atomic E-state index is 0.00699. The Morgan fingerprint density at radius 3 is 2.83 bits per heavy atom. The molecule has 1 amide bonds. The maximum atomic E-state index is 12.3. The number of rotatable bonds is 6. The lowest BCUT2D eigenvalue weighted by molar-refractivity contribution is -0.121. The average Bonchev–Trinajstić information content (AvgIpc) is 3.17. The molecule has 0 bridgehead atoms. The van der Waals surface area contributed by atoms with Gasteiger partial charge in [-0.05, 0) is 35.3 Å². The van der Waals surface area contributed by atoms with Crippen LogP contribution in [0.25, 0.3) is 11.0 Å². The largest absolute Gasteiger partial charge is 0.353 e. The van der Waals surface area contributed by atoms with Crippen molar-refractivity contribution in [2.45, 2.75) is 43.0 Å². The first-order chi connectivity index (χ1) is 11.1. The minimum Gasteiger partial charge on any atom is -0.353 e. The highest BCUT2D eigenvalue weighted by atomic mass is 32.2. The topological polar surface area (TPSA) is 114 Å². The molecule has 2 aromatic rings. The van der Waals surface area contributed by atoms with E-state index in [4.69, 9.17) is 0 Å². The van der Waals surface area contributed by atoms with E-state index in [1.807, 2.05) is 0 Å². The Hall–Kier alpha value is -2.00. The number of carbonyl (C=O) groups is 1. The molecule has 1 aromatic heterocycles. The predicted molar refractivity (Wildman–Crippen MR) is 82.0 cm³/mol. The molecule has 8 nitrogen and oxygen atoms in total. The second kappa shape index (κ2) is 6.63. The average molecular weight is 338 g/mol. The van der Waals surface area contributed by atoms with Crippen molar-refractivity contribution >= 4 is 27.0 Å². The van der Waals surface area contributed by atoms with Crippen molar-refractivity contribution in [2.24, 2.45) is 0 Å². The van der Waals surface area contributed by atoms with Crippen molar-refractivity contribution in [2.75, 3.05) is 6.54 Å². The van der Waals surface area contributed by atoms with E-state index in [0.29, 0.717) is 5.52 Å². The van der Waals surface area contributed by atoms with Crippen LogP contribution in [0.15, 0.2) is 27.7 Å². The van der Waals surface area contributed by atoms with Crippen molar-refractivity contribution in [3.63, 3.8) is 0 Å². The summed E-state index contributed by atoms with van der Waals surface area (Å²) in [5.41, 5.74) is 0.544. The highest BCUT2D eigenvalue weighted by molar-refractivity contribution is 7.89. The van der Waals surface area contributed by atoms with E-state index in [9.17, 15) is 13.2 Å². The Morgan fingerprint density at radius 1 is 1.26 bits per heavy atom. The van der Waals surface area contributed by atoms with Crippen LogP contribution in [-0.2, 0) is 14.8 Å². The van der Waals surface area contributed by atoms with Crippen LogP contribution >= 0.6 is 0 Å². The quantitative estimate of drug-likeness (QED) is 0.810. The molecule has 0 aliphatic heterocycles. The van der Waals surface area contributed by atoms with E-state index in [1.165, 1.54) is 6.07 Å². The fourth-order valence-electron chi connectivity index (χ4n) is 2.74. The molecule has 1 heterocycles. The summed E-state index contributed by atoms with van der Waals surface area (Å²) < 4.78 is 31.6. The second-order valence-corrected chi connectivity index (χ2v) is 7.32. The lowest BCUT2D eigenvalue weighted by Gasteiger charge is -2.12. The number of hydrogen-bond donors (Lipinski definition) is 2. The van der Waals surface area contributed by atoms with Gasteiger partial charge in [-0.15, -0.1) is 0 Å². The van der Waals surface area contributed by atoms with Gasteiger partial charge in [-0.25, -0.2) is 17.8 Å². The summed E-state index contributed by atoms with van der Waals surface area (Å²) in [4.78, 5) is 11.8. The van der Waals surface area contributed by atoms with Crippen LogP contribution in [0.3, 0.4) is 0 Å². The van der Waals surface area contributed by atoms with Crippen LogP contribution in [-0.4, -0.2) is 37.2 Å². The number of nitrogens with zero attached hydrogens (tertiary/aromatic N) is 2. The summed E-state index contributed by atoms with van der Waals surface area (Å²) in [6, 6.07) is 4.83. The summed E-state index contributed by atoms with van der Waals surface area (Å²) in [7, 11) is -3.77. The number of amides is 1. The summed E-state index contributed by atoms with van der Waals surface area (Å²) in [5.74, 6) is -0.138. The molecule has 1 aliphatic carbocycles. The zero-order valence-electron chi connectivity index (χ0n) is 12.5. The van der Waals surface area contributed by atoms with Crippen LogP contribution in [0.5, 0.6) is 0 Å². The third-order valence-electron chi connectivity index (χ3n) is 3.90. The number of hydrogen-bond acceptors (Lipinski definition) is 6. The number of fused-ring (bicyclic) bond motifs is 1. The summed E-state index contributed by atoms with van der Waals surface area (Å²) in [6.07, 6.45) is 4.36. The number of benzene rings is 1. The lowest BCUT2D eigenvalue weighted by atomic mass is 10.2. The third-order valence-corrected chi connectivity index (χ3v) is 5.40. The Balaban J connectivity index is 1.58. The highest BCUT2D eigenvalue weighted by Gasteiger charge is 2.21. The predicted octanol–water partition coefficient (Wildman–Crippen LogP) is 0.950. The smallest absolute Gasteiger partial charge is 0.242 e. The number of nitrogens with one attached hydrogen (secondary N) is 2.